The van der Waals surface area contributed by atoms with Crippen LogP contribution in [0.2, 0.25) is 0 Å². The highest BCUT2D eigenvalue weighted by Gasteiger charge is 2.33. The smallest absolute Gasteiger partial charge is 0.366 e. The zero-order valence-corrected chi connectivity index (χ0v) is 6.63. The Balaban J connectivity index is 4.17. The van der Waals surface area contributed by atoms with Crippen molar-refractivity contribution in [3.63, 3.8) is 0 Å². The highest BCUT2D eigenvalue weighted by molar-refractivity contribution is 5.77. The summed E-state index contributed by atoms with van der Waals surface area (Å²) in [7, 11) is 4.03. The lowest BCUT2D eigenvalue weighted by Gasteiger charge is -2.22. The standard InChI is InChI=1S/C6H12O4/c1-6(9-3,10-4)5(7)8-2/h1-4H3. The minimum Gasteiger partial charge on any atom is -0.465 e. The number of hydrogen-bond acceptors (Lipinski definition) is 4. The molecule has 4 nitrogen and oxygen atoms in total. The van der Waals surface area contributed by atoms with Gasteiger partial charge in [-0.25, -0.2) is 4.79 Å². The average Bonchev–Trinajstić information content (AvgIpc) is 2.01. The van der Waals surface area contributed by atoms with Gasteiger partial charge in [0.25, 0.3) is 5.79 Å². The van der Waals surface area contributed by atoms with Crippen LogP contribution in [0.3, 0.4) is 0 Å². The first-order chi connectivity index (χ1) is 4.60. The Kier molecular flexibility index (Phi) is 3.32. The molecule has 0 aliphatic carbocycles. The third-order valence-corrected chi connectivity index (χ3v) is 1.34. The fourth-order valence-electron chi connectivity index (χ4n) is 0.435. The van der Waals surface area contributed by atoms with Gasteiger partial charge in [-0.15, -0.1) is 0 Å². The average molecular weight is 148 g/mol. The number of esters is 1. The summed E-state index contributed by atoms with van der Waals surface area (Å²) >= 11 is 0. The van der Waals surface area contributed by atoms with Gasteiger partial charge in [0.15, 0.2) is 0 Å². The molecule has 0 N–H and O–H groups in total. The summed E-state index contributed by atoms with van der Waals surface area (Å²) in [4.78, 5) is 10.8. The third-order valence-electron chi connectivity index (χ3n) is 1.34. The highest BCUT2D eigenvalue weighted by atomic mass is 16.7. The number of carbonyl (C=O) groups is 1. The van der Waals surface area contributed by atoms with Gasteiger partial charge < -0.3 is 14.2 Å². The number of ether oxygens (including phenoxy) is 3. The van der Waals surface area contributed by atoms with Crippen LogP contribution in [-0.4, -0.2) is 33.1 Å². The van der Waals surface area contributed by atoms with Gasteiger partial charge in [-0.2, -0.15) is 0 Å². The van der Waals surface area contributed by atoms with Gasteiger partial charge in [0.1, 0.15) is 0 Å². The monoisotopic (exact) mass is 148 g/mol. The van der Waals surface area contributed by atoms with Gasteiger partial charge in [0, 0.05) is 21.1 Å². The van der Waals surface area contributed by atoms with Gasteiger partial charge in [-0.3, -0.25) is 0 Å². The second-order valence-electron chi connectivity index (χ2n) is 1.85. The minimum atomic E-state index is -1.27. The molecule has 0 amide bonds. The van der Waals surface area contributed by atoms with E-state index in [1.165, 1.54) is 28.3 Å². The summed E-state index contributed by atoms with van der Waals surface area (Å²) in [5, 5.41) is 0. The quantitative estimate of drug-likeness (QED) is 0.422. The summed E-state index contributed by atoms with van der Waals surface area (Å²) in [6.07, 6.45) is 0. The Hall–Kier alpha value is -0.610. The normalized spacial score (nSPS) is 11.2. The lowest BCUT2D eigenvalue weighted by molar-refractivity contribution is -0.220. The second kappa shape index (κ2) is 3.53. The lowest BCUT2D eigenvalue weighted by atomic mass is 10.3. The Morgan fingerprint density at radius 1 is 1.20 bits per heavy atom. The molecule has 60 valence electrons. The van der Waals surface area contributed by atoms with Crippen LogP contribution in [0.5, 0.6) is 0 Å². The van der Waals surface area contributed by atoms with E-state index >= 15 is 0 Å². The number of hydrogen-bond donors (Lipinski definition) is 0. The van der Waals surface area contributed by atoms with Crippen LogP contribution in [-0.2, 0) is 19.0 Å². The first-order valence-corrected chi connectivity index (χ1v) is 2.79. The van der Waals surface area contributed by atoms with E-state index in [9.17, 15) is 4.79 Å². The topological polar surface area (TPSA) is 44.8 Å². The van der Waals surface area contributed by atoms with Gasteiger partial charge in [-0.05, 0) is 0 Å². The first-order valence-electron chi connectivity index (χ1n) is 2.79. The fraction of sp³-hybridized carbons (Fsp3) is 0.833. The molecule has 4 heteroatoms. The maximum absolute atomic E-state index is 10.8. The molecule has 0 spiro atoms. The van der Waals surface area contributed by atoms with Crippen molar-refractivity contribution in [3.8, 4) is 0 Å². The van der Waals surface area contributed by atoms with Gasteiger partial charge in [0.05, 0.1) is 7.11 Å². The maximum Gasteiger partial charge on any atom is 0.366 e. The molecule has 0 aliphatic heterocycles. The van der Waals surface area contributed by atoms with Crippen molar-refractivity contribution in [1.29, 1.82) is 0 Å². The molecule has 0 atom stereocenters. The van der Waals surface area contributed by atoms with E-state index in [2.05, 4.69) is 4.74 Å². The molecule has 0 aromatic rings. The first kappa shape index (κ1) is 9.39. The maximum atomic E-state index is 10.8. The highest BCUT2D eigenvalue weighted by Crippen LogP contribution is 2.10. The van der Waals surface area contributed by atoms with Crippen LogP contribution in [0.4, 0.5) is 0 Å². The van der Waals surface area contributed by atoms with Crippen molar-refractivity contribution in [1.82, 2.24) is 0 Å². The van der Waals surface area contributed by atoms with Crippen molar-refractivity contribution in [2.45, 2.75) is 12.7 Å². The van der Waals surface area contributed by atoms with Crippen LogP contribution in [0.1, 0.15) is 6.92 Å². The summed E-state index contributed by atoms with van der Waals surface area (Å²) in [6, 6.07) is 0. The molecule has 0 unspecified atom stereocenters. The molecule has 0 bridgehead atoms. The van der Waals surface area contributed by atoms with E-state index in [4.69, 9.17) is 9.47 Å². The van der Waals surface area contributed by atoms with E-state index in [-0.39, 0.29) is 0 Å². The van der Waals surface area contributed by atoms with Crippen molar-refractivity contribution < 1.29 is 19.0 Å². The molecule has 0 aliphatic rings. The van der Waals surface area contributed by atoms with E-state index < -0.39 is 11.8 Å². The molecule has 0 radical (unpaired) electrons. The molecule has 0 rings (SSSR count). The fourth-order valence-corrected chi connectivity index (χ4v) is 0.435. The molecule has 0 saturated heterocycles. The zero-order valence-electron chi connectivity index (χ0n) is 6.63. The van der Waals surface area contributed by atoms with Gasteiger partial charge in [-0.1, -0.05) is 0 Å². The molecular weight excluding hydrogens is 136 g/mol. The molecule has 0 aromatic carbocycles. The molecule has 0 fully saturated rings. The van der Waals surface area contributed by atoms with Gasteiger partial charge in [0.2, 0.25) is 0 Å². The molecule has 0 heterocycles. The summed E-state index contributed by atoms with van der Waals surface area (Å²) < 4.78 is 13.9. The van der Waals surface area contributed by atoms with Gasteiger partial charge >= 0.3 is 5.97 Å². The Morgan fingerprint density at radius 2 is 1.60 bits per heavy atom. The number of rotatable bonds is 3. The van der Waals surface area contributed by atoms with E-state index in [1.807, 2.05) is 0 Å². The van der Waals surface area contributed by atoms with E-state index in [0.717, 1.165) is 0 Å². The van der Waals surface area contributed by atoms with Crippen LogP contribution < -0.4 is 0 Å². The third kappa shape index (κ3) is 1.68. The summed E-state index contributed by atoms with van der Waals surface area (Å²) in [5.74, 6) is -1.81. The lowest BCUT2D eigenvalue weighted by Crippen LogP contribution is -2.40. The SMILES string of the molecule is COC(=O)C(C)(OC)OC. The van der Waals surface area contributed by atoms with Crippen molar-refractivity contribution in [3.05, 3.63) is 0 Å². The van der Waals surface area contributed by atoms with E-state index in [0.29, 0.717) is 0 Å². The Labute approximate surface area is 60.1 Å². The number of carbonyl (C=O) groups excluding carboxylic acids is 1. The molecule has 10 heavy (non-hydrogen) atoms. The Bertz CT molecular complexity index is 117. The minimum absolute atomic E-state index is 0.544. The van der Waals surface area contributed by atoms with Crippen molar-refractivity contribution in [2.24, 2.45) is 0 Å². The Morgan fingerprint density at radius 3 is 1.70 bits per heavy atom. The molecule has 0 saturated carbocycles. The summed E-state index contributed by atoms with van der Waals surface area (Å²) in [5.41, 5.74) is 0. The van der Waals surface area contributed by atoms with Crippen LogP contribution in [0.15, 0.2) is 0 Å². The predicted octanol–water partition coefficient (Wildman–Crippen LogP) is 0.168. The predicted molar refractivity (Wildman–Crippen MR) is 34.4 cm³/mol. The molecular formula is C6H12O4. The summed E-state index contributed by atoms with van der Waals surface area (Å²) in [6.45, 7) is 1.48. The van der Waals surface area contributed by atoms with Crippen molar-refractivity contribution in [2.75, 3.05) is 21.3 Å². The van der Waals surface area contributed by atoms with Crippen LogP contribution in [0, 0.1) is 0 Å². The molecule has 0 aromatic heterocycles. The largest absolute Gasteiger partial charge is 0.465 e. The second-order valence-corrected chi connectivity index (χ2v) is 1.85. The van der Waals surface area contributed by atoms with Crippen molar-refractivity contribution >= 4 is 5.97 Å². The van der Waals surface area contributed by atoms with Crippen LogP contribution >= 0.6 is 0 Å². The van der Waals surface area contributed by atoms with E-state index in [1.54, 1.807) is 0 Å². The number of methoxy groups -OCH3 is 3. The zero-order chi connectivity index (χ0) is 8.20. The van der Waals surface area contributed by atoms with Crippen LogP contribution in [0.25, 0.3) is 0 Å².